The average molecular weight is 185 g/mol. The highest BCUT2D eigenvalue weighted by molar-refractivity contribution is 4.77. The van der Waals surface area contributed by atoms with Gasteiger partial charge in [0.15, 0.2) is 0 Å². The predicted molar refractivity (Wildman–Crippen MR) is 56.0 cm³/mol. The maximum Gasteiger partial charge on any atom is 0.0576 e. The molecule has 0 atom stereocenters. The minimum atomic E-state index is 0.546. The summed E-state index contributed by atoms with van der Waals surface area (Å²) in [5, 5.41) is 3.58. The van der Waals surface area contributed by atoms with E-state index in [1.165, 1.54) is 38.6 Å². The van der Waals surface area contributed by atoms with E-state index in [0.717, 1.165) is 12.6 Å². The van der Waals surface area contributed by atoms with E-state index >= 15 is 0 Å². The topological polar surface area (TPSA) is 21.3 Å². The molecule has 0 spiro atoms. The summed E-state index contributed by atoms with van der Waals surface area (Å²) in [6, 6.07) is 0.761. The van der Waals surface area contributed by atoms with Gasteiger partial charge in [-0.1, -0.05) is 6.92 Å². The highest BCUT2D eigenvalue weighted by atomic mass is 16.5. The van der Waals surface area contributed by atoms with Gasteiger partial charge in [-0.15, -0.1) is 0 Å². The molecule has 1 rings (SSSR count). The highest BCUT2D eigenvalue weighted by Crippen LogP contribution is 2.20. The lowest BCUT2D eigenvalue weighted by molar-refractivity contribution is 0.0304. The van der Waals surface area contributed by atoms with E-state index in [1.54, 1.807) is 0 Å². The van der Waals surface area contributed by atoms with Crippen LogP contribution in [-0.4, -0.2) is 25.3 Å². The minimum absolute atomic E-state index is 0.546. The van der Waals surface area contributed by atoms with Crippen LogP contribution in [0.3, 0.4) is 0 Å². The van der Waals surface area contributed by atoms with Gasteiger partial charge in [0.05, 0.1) is 6.10 Å². The summed E-state index contributed by atoms with van der Waals surface area (Å²) in [7, 11) is 0. The molecule has 1 aliphatic carbocycles. The molecule has 0 aliphatic heterocycles. The first-order valence-electron chi connectivity index (χ1n) is 5.71. The van der Waals surface area contributed by atoms with E-state index < -0.39 is 0 Å². The largest absolute Gasteiger partial charge is 0.379 e. The summed E-state index contributed by atoms with van der Waals surface area (Å²) in [4.78, 5) is 0. The van der Waals surface area contributed by atoms with Crippen molar-refractivity contribution in [3.63, 3.8) is 0 Å². The maximum absolute atomic E-state index is 5.61. The molecule has 13 heavy (non-hydrogen) atoms. The van der Waals surface area contributed by atoms with E-state index in [1.807, 2.05) is 0 Å². The first kappa shape index (κ1) is 11.0. The van der Waals surface area contributed by atoms with Gasteiger partial charge >= 0.3 is 0 Å². The molecule has 0 aromatic carbocycles. The van der Waals surface area contributed by atoms with Crippen LogP contribution in [0.5, 0.6) is 0 Å². The van der Waals surface area contributed by atoms with Gasteiger partial charge in [0, 0.05) is 12.6 Å². The van der Waals surface area contributed by atoms with Gasteiger partial charge in [0.1, 0.15) is 0 Å². The molecule has 0 heterocycles. The van der Waals surface area contributed by atoms with Crippen molar-refractivity contribution in [2.75, 3.05) is 13.2 Å². The van der Waals surface area contributed by atoms with Gasteiger partial charge in [-0.05, 0) is 45.6 Å². The highest BCUT2D eigenvalue weighted by Gasteiger charge is 2.20. The smallest absolute Gasteiger partial charge is 0.0576 e. The third kappa shape index (κ3) is 4.10. The van der Waals surface area contributed by atoms with Crippen molar-refractivity contribution in [2.45, 2.75) is 58.1 Å². The number of nitrogens with one attached hydrogen (secondary N) is 1. The number of hydrogen-bond donors (Lipinski definition) is 1. The number of rotatable bonds is 5. The van der Waals surface area contributed by atoms with Gasteiger partial charge in [0.25, 0.3) is 0 Å². The monoisotopic (exact) mass is 185 g/mol. The quantitative estimate of drug-likeness (QED) is 0.710. The third-order valence-electron chi connectivity index (χ3n) is 2.76. The third-order valence-corrected chi connectivity index (χ3v) is 2.76. The van der Waals surface area contributed by atoms with Crippen molar-refractivity contribution in [3.8, 4) is 0 Å². The first-order chi connectivity index (χ1) is 6.36. The van der Waals surface area contributed by atoms with Gasteiger partial charge in [0.2, 0.25) is 0 Å². The summed E-state index contributed by atoms with van der Waals surface area (Å²) in [5.74, 6) is 0. The zero-order chi connectivity index (χ0) is 9.52. The van der Waals surface area contributed by atoms with E-state index in [2.05, 4.69) is 19.2 Å². The van der Waals surface area contributed by atoms with Crippen LogP contribution in [0, 0.1) is 0 Å². The fraction of sp³-hybridized carbons (Fsp3) is 1.00. The van der Waals surface area contributed by atoms with Crippen LogP contribution in [0.1, 0.15) is 46.0 Å². The van der Waals surface area contributed by atoms with Crippen LogP contribution in [0.4, 0.5) is 0 Å². The summed E-state index contributed by atoms with van der Waals surface area (Å²) in [5.41, 5.74) is 0. The van der Waals surface area contributed by atoms with Crippen molar-refractivity contribution < 1.29 is 4.74 Å². The molecule has 0 saturated heterocycles. The Balaban J connectivity index is 2.08. The molecule has 2 heteroatoms. The Bertz CT molecular complexity index is 119. The van der Waals surface area contributed by atoms with Gasteiger partial charge in [-0.25, -0.2) is 0 Å². The molecule has 2 nitrogen and oxygen atoms in total. The second kappa shape index (κ2) is 6.39. The second-order valence-corrected chi connectivity index (χ2v) is 3.88. The van der Waals surface area contributed by atoms with Crippen LogP contribution in [0.2, 0.25) is 0 Å². The maximum atomic E-state index is 5.61. The summed E-state index contributed by atoms with van der Waals surface area (Å²) < 4.78 is 5.61. The van der Waals surface area contributed by atoms with Crippen LogP contribution in [0.15, 0.2) is 0 Å². The molecule has 0 radical (unpaired) electrons. The molecule has 0 amide bonds. The van der Waals surface area contributed by atoms with Crippen LogP contribution < -0.4 is 5.32 Å². The normalized spacial score (nSPS) is 29.1. The fourth-order valence-corrected chi connectivity index (χ4v) is 2.02. The second-order valence-electron chi connectivity index (χ2n) is 3.88. The molecular formula is C11H23NO. The lowest BCUT2D eigenvalue weighted by Gasteiger charge is -2.28. The Labute approximate surface area is 82.0 Å². The number of hydrogen-bond acceptors (Lipinski definition) is 2. The van der Waals surface area contributed by atoms with Crippen molar-refractivity contribution >= 4 is 0 Å². The summed E-state index contributed by atoms with van der Waals surface area (Å²) in [6.07, 6.45) is 6.87. The van der Waals surface area contributed by atoms with Crippen molar-refractivity contribution in [1.82, 2.24) is 5.32 Å². The molecule has 0 bridgehead atoms. The molecule has 0 aromatic rings. The molecule has 1 N–H and O–H groups in total. The molecule has 78 valence electrons. The molecule has 1 saturated carbocycles. The average Bonchev–Trinajstić information content (AvgIpc) is 2.17. The molecule has 1 aliphatic rings. The van der Waals surface area contributed by atoms with Crippen molar-refractivity contribution in [1.29, 1.82) is 0 Å². The Kier molecular flexibility index (Phi) is 5.40. The van der Waals surface area contributed by atoms with E-state index in [4.69, 9.17) is 4.74 Å². The molecule has 1 fully saturated rings. The Morgan fingerprint density at radius 1 is 1.15 bits per heavy atom. The lowest BCUT2D eigenvalue weighted by atomic mass is 9.93. The van der Waals surface area contributed by atoms with Crippen molar-refractivity contribution in [2.24, 2.45) is 0 Å². The molecular weight excluding hydrogens is 162 g/mol. The van der Waals surface area contributed by atoms with Gasteiger partial charge < -0.3 is 10.1 Å². The Morgan fingerprint density at radius 2 is 1.85 bits per heavy atom. The van der Waals surface area contributed by atoms with E-state index in [9.17, 15) is 0 Å². The minimum Gasteiger partial charge on any atom is -0.379 e. The number of ether oxygens (including phenoxy) is 1. The van der Waals surface area contributed by atoms with E-state index in [0.29, 0.717) is 6.10 Å². The standard InChI is InChI=1S/C11H23NO/c1-3-9-12-10-5-7-11(8-6-10)13-4-2/h10-12H,3-9H2,1-2H3. The van der Waals surface area contributed by atoms with Crippen LogP contribution in [0.25, 0.3) is 0 Å². The van der Waals surface area contributed by atoms with Crippen LogP contribution >= 0.6 is 0 Å². The first-order valence-corrected chi connectivity index (χ1v) is 5.71. The zero-order valence-electron chi connectivity index (χ0n) is 9.01. The predicted octanol–water partition coefficient (Wildman–Crippen LogP) is 2.33. The zero-order valence-corrected chi connectivity index (χ0v) is 9.01. The molecule has 0 unspecified atom stereocenters. The van der Waals surface area contributed by atoms with Gasteiger partial charge in [-0.2, -0.15) is 0 Å². The van der Waals surface area contributed by atoms with E-state index in [-0.39, 0.29) is 0 Å². The van der Waals surface area contributed by atoms with Crippen molar-refractivity contribution in [3.05, 3.63) is 0 Å². The molecule has 0 aromatic heterocycles. The SMILES string of the molecule is CCCNC1CCC(OCC)CC1. The summed E-state index contributed by atoms with van der Waals surface area (Å²) >= 11 is 0. The van der Waals surface area contributed by atoms with Gasteiger partial charge in [-0.3, -0.25) is 0 Å². The summed E-state index contributed by atoms with van der Waals surface area (Å²) in [6.45, 7) is 6.35. The Morgan fingerprint density at radius 3 is 2.38 bits per heavy atom. The fourth-order valence-electron chi connectivity index (χ4n) is 2.02. The lowest BCUT2D eigenvalue weighted by Crippen LogP contribution is -2.35. The van der Waals surface area contributed by atoms with Crippen LogP contribution in [-0.2, 0) is 4.74 Å². The Hall–Kier alpha value is -0.0800.